The second-order valence-corrected chi connectivity index (χ2v) is 3.45. The van der Waals surface area contributed by atoms with E-state index in [0.717, 1.165) is 12.1 Å². The van der Waals surface area contributed by atoms with E-state index in [1.165, 1.54) is 0 Å². The molecule has 0 bridgehead atoms. The Balaban J connectivity index is 2.33. The number of rotatable bonds is 6. The Morgan fingerprint density at radius 1 is 1.73 bits per heavy atom. The van der Waals surface area contributed by atoms with E-state index in [1.54, 1.807) is 10.9 Å². The van der Waals surface area contributed by atoms with Gasteiger partial charge in [0.2, 0.25) is 0 Å². The molecule has 0 fully saturated rings. The molecule has 0 aliphatic heterocycles. The number of nitrogens with zero attached hydrogens (tertiary/aromatic N) is 2. The third-order valence-corrected chi connectivity index (χ3v) is 2.40. The lowest BCUT2D eigenvalue weighted by Crippen LogP contribution is -2.37. The first kappa shape index (κ1) is 11.7. The fourth-order valence-electron chi connectivity index (χ4n) is 1.43. The first-order chi connectivity index (χ1) is 7.15. The number of carboxylic acids is 1. The number of carbonyl (C=O) groups is 1. The Morgan fingerprint density at radius 2 is 2.47 bits per heavy atom. The highest BCUT2D eigenvalue weighted by atomic mass is 16.4. The summed E-state index contributed by atoms with van der Waals surface area (Å²) in [5.74, 6) is -0.789. The summed E-state index contributed by atoms with van der Waals surface area (Å²) in [6, 6.07) is 1.49. The van der Waals surface area contributed by atoms with Crippen molar-refractivity contribution in [2.75, 3.05) is 6.54 Å². The number of hydrogen-bond donors (Lipinski definition) is 2. The number of hydrogen-bond acceptors (Lipinski definition) is 3. The highest BCUT2D eigenvalue weighted by molar-refractivity contribution is 5.73. The van der Waals surface area contributed by atoms with E-state index in [0.29, 0.717) is 13.0 Å². The number of carboxylic acid groups (broad SMARTS) is 1. The summed E-state index contributed by atoms with van der Waals surface area (Å²) in [6.45, 7) is 2.51. The third kappa shape index (κ3) is 3.36. The Morgan fingerprint density at radius 3 is 2.93 bits per heavy atom. The number of aromatic nitrogens is 2. The maximum absolute atomic E-state index is 10.7. The minimum atomic E-state index is -0.789. The Labute approximate surface area is 89.1 Å². The molecule has 15 heavy (non-hydrogen) atoms. The summed E-state index contributed by atoms with van der Waals surface area (Å²) in [7, 11) is 1.88. The topological polar surface area (TPSA) is 67.2 Å². The van der Waals surface area contributed by atoms with E-state index in [9.17, 15) is 4.79 Å². The maximum Gasteiger partial charge on any atom is 0.320 e. The van der Waals surface area contributed by atoms with Crippen molar-refractivity contribution in [2.45, 2.75) is 25.8 Å². The van der Waals surface area contributed by atoms with Crippen LogP contribution in [0.1, 0.15) is 19.0 Å². The van der Waals surface area contributed by atoms with Gasteiger partial charge in [-0.1, -0.05) is 6.92 Å². The zero-order chi connectivity index (χ0) is 11.3. The molecule has 0 aliphatic rings. The monoisotopic (exact) mass is 211 g/mol. The number of nitrogens with one attached hydrogen (secondary N) is 1. The zero-order valence-electron chi connectivity index (χ0n) is 9.10. The second-order valence-electron chi connectivity index (χ2n) is 3.45. The van der Waals surface area contributed by atoms with E-state index in [1.807, 2.05) is 20.0 Å². The summed E-state index contributed by atoms with van der Waals surface area (Å²) in [5, 5.41) is 15.8. The highest BCUT2D eigenvalue weighted by Crippen LogP contribution is 1.97. The SMILES string of the molecule is CCC(NCCc1ccnn1C)C(=O)O. The summed E-state index contributed by atoms with van der Waals surface area (Å²) < 4.78 is 1.80. The first-order valence-corrected chi connectivity index (χ1v) is 5.08. The van der Waals surface area contributed by atoms with Gasteiger partial charge in [0.25, 0.3) is 0 Å². The Hall–Kier alpha value is -1.36. The van der Waals surface area contributed by atoms with Crippen LogP contribution in [0, 0.1) is 0 Å². The molecule has 0 saturated carbocycles. The van der Waals surface area contributed by atoms with Crippen molar-refractivity contribution in [3.63, 3.8) is 0 Å². The van der Waals surface area contributed by atoms with Gasteiger partial charge in [-0.15, -0.1) is 0 Å². The molecule has 5 nitrogen and oxygen atoms in total. The van der Waals surface area contributed by atoms with Gasteiger partial charge in [-0.2, -0.15) is 5.10 Å². The van der Waals surface area contributed by atoms with Crippen LogP contribution in [0.4, 0.5) is 0 Å². The van der Waals surface area contributed by atoms with Crippen molar-refractivity contribution >= 4 is 5.97 Å². The van der Waals surface area contributed by atoms with Crippen LogP contribution in [0.5, 0.6) is 0 Å². The second kappa shape index (κ2) is 5.50. The molecule has 1 atom stereocenters. The van der Waals surface area contributed by atoms with Crippen LogP contribution in [0.25, 0.3) is 0 Å². The smallest absolute Gasteiger partial charge is 0.320 e. The van der Waals surface area contributed by atoms with Gasteiger partial charge in [0.1, 0.15) is 6.04 Å². The van der Waals surface area contributed by atoms with E-state index < -0.39 is 12.0 Å². The lowest BCUT2D eigenvalue weighted by atomic mass is 10.2. The van der Waals surface area contributed by atoms with Crippen LogP contribution in [-0.4, -0.2) is 33.4 Å². The predicted octanol–water partition coefficient (Wildman–Crippen LogP) is 0.415. The van der Waals surface area contributed by atoms with E-state index in [-0.39, 0.29) is 0 Å². The molecule has 5 heteroatoms. The standard InChI is InChI=1S/C10H17N3O2/c1-3-9(10(14)15)11-6-4-8-5-7-12-13(8)2/h5,7,9,11H,3-4,6H2,1-2H3,(H,14,15). The van der Waals surface area contributed by atoms with Crippen LogP contribution in [0.15, 0.2) is 12.3 Å². The fourth-order valence-corrected chi connectivity index (χ4v) is 1.43. The normalized spacial score (nSPS) is 12.7. The van der Waals surface area contributed by atoms with Gasteiger partial charge in [-0.3, -0.25) is 9.48 Å². The molecule has 1 heterocycles. The number of aliphatic carboxylic acids is 1. The molecule has 1 aromatic heterocycles. The molecule has 0 aliphatic carbocycles. The van der Waals surface area contributed by atoms with Crippen molar-refractivity contribution in [1.29, 1.82) is 0 Å². The predicted molar refractivity (Wildman–Crippen MR) is 56.6 cm³/mol. The van der Waals surface area contributed by atoms with Crippen molar-refractivity contribution < 1.29 is 9.90 Å². The quantitative estimate of drug-likeness (QED) is 0.715. The molecule has 0 saturated heterocycles. The molecule has 0 spiro atoms. The summed E-state index contributed by atoms with van der Waals surface area (Å²) in [4.78, 5) is 10.7. The first-order valence-electron chi connectivity index (χ1n) is 5.08. The van der Waals surface area contributed by atoms with Gasteiger partial charge in [0.05, 0.1) is 0 Å². The van der Waals surface area contributed by atoms with Gasteiger partial charge < -0.3 is 10.4 Å². The average molecular weight is 211 g/mol. The van der Waals surface area contributed by atoms with E-state index in [2.05, 4.69) is 10.4 Å². The lowest BCUT2D eigenvalue weighted by molar-refractivity contribution is -0.139. The van der Waals surface area contributed by atoms with Crippen LogP contribution < -0.4 is 5.32 Å². The van der Waals surface area contributed by atoms with Gasteiger partial charge in [-0.05, 0) is 12.5 Å². The molecule has 0 amide bonds. The van der Waals surface area contributed by atoms with E-state index >= 15 is 0 Å². The summed E-state index contributed by atoms with van der Waals surface area (Å²) in [5.41, 5.74) is 1.10. The minimum absolute atomic E-state index is 0.446. The van der Waals surface area contributed by atoms with Crippen LogP contribution in [0.3, 0.4) is 0 Å². The third-order valence-electron chi connectivity index (χ3n) is 2.40. The Bertz CT molecular complexity index is 322. The zero-order valence-corrected chi connectivity index (χ0v) is 9.10. The molecular formula is C10H17N3O2. The van der Waals surface area contributed by atoms with Gasteiger partial charge in [0, 0.05) is 31.9 Å². The largest absolute Gasteiger partial charge is 0.480 e. The lowest BCUT2D eigenvalue weighted by Gasteiger charge is -2.11. The molecule has 0 aromatic carbocycles. The van der Waals surface area contributed by atoms with Crippen molar-refractivity contribution in [3.05, 3.63) is 18.0 Å². The molecule has 2 N–H and O–H groups in total. The fraction of sp³-hybridized carbons (Fsp3) is 0.600. The molecule has 1 aromatic rings. The van der Waals surface area contributed by atoms with Crippen molar-refractivity contribution in [1.82, 2.24) is 15.1 Å². The van der Waals surface area contributed by atoms with Gasteiger partial charge in [-0.25, -0.2) is 0 Å². The molecule has 84 valence electrons. The van der Waals surface area contributed by atoms with Gasteiger partial charge >= 0.3 is 5.97 Å². The van der Waals surface area contributed by atoms with Gasteiger partial charge in [0.15, 0.2) is 0 Å². The van der Waals surface area contributed by atoms with Crippen LogP contribution in [0.2, 0.25) is 0 Å². The highest BCUT2D eigenvalue weighted by Gasteiger charge is 2.13. The van der Waals surface area contributed by atoms with E-state index in [4.69, 9.17) is 5.11 Å². The van der Waals surface area contributed by atoms with Crippen LogP contribution in [-0.2, 0) is 18.3 Å². The molecular weight excluding hydrogens is 194 g/mol. The minimum Gasteiger partial charge on any atom is -0.480 e. The molecule has 1 rings (SSSR count). The summed E-state index contributed by atoms with van der Waals surface area (Å²) in [6.07, 6.45) is 3.13. The molecule has 0 radical (unpaired) electrons. The Kier molecular flexibility index (Phi) is 4.30. The summed E-state index contributed by atoms with van der Waals surface area (Å²) >= 11 is 0. The van der Waals surface area contributed by atoms with Crippen molar-refractivity contribution in [2.24, 2.45) is 7.05 Å². The van der Waals surface area contributed by atoms with Crippen LogP contribution >= 0.6 is 0 Å². The average Bonchev–Trinajstić information content (AvgIpc) is 2.58. The van der Waals surface area contributed by atoms with Crippen molar-refractivity contribution in [3.8, 4) is 0 Å². The number of aryl methyl sites for hydroxylation is 1. The molecule has 1 unspecified atom stereocenters. The maximum atomic E-state index is 10.7.